The molecule has 1 aliphatic heterocycles. The molecule has 0 aliphatic carbocycles. The molecule has 1 heterocycles. The lowest BCUT2D eigenvalue weighted by molar-refractivity contribution is 0.308. The van der Waals surface area contributed by atoms with Gasteiger partial charge in [-0.25, -0.2) is 0 Å². The smallest absolute Gasteiger partial charge is 0.161 e. The van der Waals surface area contributed by atoms with Crippen molar-refractivity contribution in [3.63, 3.8) is 0 Å². The molecule has 1 aromatic carbocycles. The van der Waals surface area contributed by atoms with Crippen molar-refractivity contribution in [1.29, 1.82) is 0 Å². The minimum atomic E-state index is 0.439. The summed E-state index contributed by atoms with van der Waals surface area (Å²) in [6, 6.07) is 4.75. The molecule has 1 atom stereocenters. The molecule has 0 unspecified atom stereocenters. The van der Waals surface area contributed by atoms with Gasteiger partial charge in [-0.3, -0.25) is 0 Å². The van der Waals surface area contributed by atoms with Crippen LogP contribution in [0.4, 0.5) is 0 Å². The Balaban J connectivity index is 2.35. The average molecular weight is 263 g/mol. The van der Waals surface area contributed by atoms with Crippen LogP contribution in [0.2, 0.25) is 0 Å². The van der Waals surface area contributed by atoms with Crippen LogP contribution in [0.1, 0.15) is 44.4 Å². The largest absolute Gasteiger partial charge is 0.493 e. The molecule has 0 radical (unpaired) electrons. The van der Waals surface area contributed by atoms with Gasteiger partial charge in [0.1, 0.15) is 0 Å². The lowest BCUT2D eigenvalue weighted by atomic mass is 9.89. The van der Waals surface area contributed by atoms with Crippen molar-refractivity contribution >= 4 is 0 Å². The Hall–Kier alpha value is -1.22. The number of rotatable bonds is 5. The van der Waals surface area contributed by atoms with Crippen LogP contribution in [0.25, 0.3) is 0 Å². The van der Waals surface area contributed by atoms with Gasteiger partial charge in [-0.2, -0.15) is 0 Å². The van der Waals surface area contributed by atoms with Crippen LogP contribution >= 0.6 is 0 Å². The lowest BCUT2D eigenvalue weighted by Crippen LogP contribution is -2.30. The van der Waals surface area contributed by atoms with E-state index >= 15 is 0 Å². The lowest BCUT2D eigenvalue weighted by Gasteiger charge is -2.29. The van der Waals surface area contributed by atoms with Gasteiger partial charge in [0.15, 0.2) is 11.5 Å². The summed E-state index contributed by atoms with van der Waals surface area (Å²) in [5, 5.41) is 3.62. The van der Waals surface area contributed by atoms with E-state index in [0.717, 1.165) is 30.9 Å². The van der Waals surface area contributed by atoms with Crippen molar-refractivity contribution in [1.82, 2.24) is 5.32 Å². The summed E-state index contributed by atoms with van der Waals surface area (Å²) >= 11 is 0. The van der Waals surface area contributed by atoms with Gasteiger partial charge < -0.3 is 14.8 Å². The molecule has 0 saturated heterocycles. The molecule has 106 valence electrons. The summed E-state index contributed by atoms with van der Waals surface area (Å²) < 4.78 is 11.1. The minimum absolute atomic E-state index is 0.439. The third-order valence-electron chi connectivity index (χ3n) is 3.59. The van der Waals surface area contributed by atoms with Crippen molar-refractivity contribution in [2.45, 2.75) is 39.7 Å². The second-order valence-corrected chi connectivity index (χ2v) is 5.52. The van der Waals surface area contributed by atoms with Gasteiger partial charge in [0.25, 0.3) is 0 Å². The van der Waals surface area contributed by atoms with Gasteiger partial charge in [0.2, 0.25) is 0 Å². The van der Waals surface area contributed by atoms with Crippen LogP contribution in [-0.2, 0) is 6.42 Å². The van der Waals surface area contributed by atoms with Crippen LogP contribution in [-0.4, -0.2) is 20.3 Å². The topological polar surface area (TPSA) is 30.5 Å². The predicted octanol–water partition coefficient (Wildman–Crippen LogP) is 3.33. The summed E-state index contributed by atoms with van der Waals surface area (Å²) in [5.41, 5.74) is 2.77. The highest BCUT2D eigenvalue weighted by Crippen LogP contribution is 2.37. The molecular formula is C16H25NO2. The third-order valence-corrected chi connectivity index (χ3v) is 3.59. The zero-order chi connectivity index (χ0) is 13.8. The standard InChI is InChI=1S/C16H25NO2/c1-5-19-16-10-13-12(9-15(16)18-4)6-7-17-14(13)8-11(2)3/h9-11,14,17H,5-8H2,1-4H3/t14-/m0/s1. The first-order chi connectivity index (χ1) is 9.15. The first-order valence-corrected chi connectivity index (χ1v) is 7.22. The Morgan fingerprint density at radius 1 is 1.32 bits per heavy atom. The van der Waals surface area contributed by atoms with Crippen LogP contribution in [0, 0.1) is 5.92 Å². The highest BCUT2D eigenvalue weighted by Gasteiger charge is 2.23. The predicted molar refractivity (Wildman–Crippen MR) is 78.1 cm³/mol. The highest BCUT2D eigenvalue weighted by molar-refractivity contribution is 5.49. The molecule has 1 aromatic rings. The van der Waals surface area contributed by atoms with Gasteiger partial charge >= 0.3 is 0 Å². The minimum Gasteiger partial charge on any atom is -0.493 e. The molecule has 0 aromatic heterocycles. The summed E-state index contributed by atoms with van der Waals surface area (Å²) in [7, 11) is 1.71. The zero-order valence-electron chi connectivity index (χ0n) is 12.5. The average Bonchev–Trinajstić information content (AvgIpc) is 2.38. The third kappa shape index (κ3) is 3.21. The molecule has 19 heavy (non-hydrogen) atoms. The fourth-order valence-corrected chi connectivity index (χ4v) is 2.76. The molecule has 0 spiro atoms. The van der Waals surface area contributed by atoms with E-state index < -0.39 is 0 Å². The maximum atomic E-state index is 5.69. The maximum absolute atomic E-state index is 5.69. The normalized spacial score (nSPS) is 18.3. The SMILES string of the molecule is CCOc1cc2c(cc1OC)CCN[C@H]2CC(C)C. The Bertz CT molecular complexity index is 429. The molecule has 0 fully saturated rings. The highest BCUT2D eigenvalue weighted by atomic mass is 16.5. The van der Waals surface area contributed by atoms with E-state index in [1.807, 2.05) is 6.92 Å². The summed E-state index contributed by atoms with van der Waals surface area (Å²) in [5.74, 6) is 2.40. The first-order valence-electron chi connectivity index (χ1n) is 7.22. The molecule has 2 rings (SSSR count). The van der Waals surface area contributed by atoms with Crippen LogP contribution < -0.4 is 14.8 Å². The van der Waals surface area contributed by atoms with Gasteiger partial charge in [0.05, 0.1) is 13.7 Å². The van der Waals surface area contributed by atoms with Crippen molar-refractivity contribution < 1.29 is 9.47 Å². The van der Waals surface area contributed by atoms with E-state index in [2.05, 4.69) is 31.3 Å². The second kappa shape index (κ2) is 6.29. The quantitative estimate of drug-likeness (QED) is 0.884. The Morgan fingerprint density at radius 3 is 2.74 bits per heavy atom. The molecule has 0 amide bonds. The van der Waals surface area contributed by atoms with Gasteiger partial charge in [-0.05, 0) is 55.5 Å². The molecule has 1 aliphatic rings. The van der Waals surface area contributed by atoms with Crippen molar-refractivity contribution in [3.05, 3.63) is 23.3 Å². The first kappa shape index (κ1) is 14.2. The molecule has 3 nitrogen and oxygen atoms in total. The molecule has 0 saturated carbocycles. The van der Waals surface area contributed by atoms with E-state index in [-0.39, 0.29) is 0 Å². The van der Waals surface area contributed by atoms with Gasteiger partial charge in [0, 0.05) is 6.04 Å². The zero-order valence-corrected chi connectivity index (χ0v) is 12.5. The summed E-state index contributed by atoms with van der Waals surface area (Å²) in [6.45, 7) is 8.24. The summed E-state index contributed by atoms with van der Waals surface area (Å²) in [6.07, 6.45) is 2.22. The number of hydrogen-bond donors (Lipinski definition) is 1. The number of methoxy groups -OCH3 is 1. The van der Waals surface area contributed by atoms with Crippen LogP contribution in [0.15, 0.2) is 12.1 Å². The summed E-state index contributed by atoms with van der Waals surface area (Å²) in [4.78, 5) is 0. The van der Waals surface area contributed by atoms with E-state index in [9.17, 15) is 0 Å². The van der Waals surface area contributed by atoms with Crippen LogP contribution in [0.3, 0.4) is 0 Å². The fourth-order valence-electron chi connectivity index (χ4n) is 2.76. The molecule has 0 bridgehead atoms. The monoisotopic (exact) mass is 263 g/mol. The fraction of sp³-hybridized carbons (Fsp3) is 0.625. The molecule has 1 N–H and O–H groups in total. The Morgan fingerprint density at radius 2 is 2.11 bits per heavy atom. The van der Waals surface area contributed by atoms with E-state index in [0.29, 0.717) is 18.6 Å². The molecule has 3 heteroatoms. The number of nitrogens with one attached hydrogen (secondary N) is 1. The van der Waals surface area contributed by atoms with Crippen LogP contribution in [0.5, 0.6) is 11.5 Å². The number of ether oxygens (including phenoxy) is 2. The molecular weight excluding hydrogens is 238 g/mol. The van der Waals surface area contributed by atoms with E-state index in [4.69, 9.17) is 9.47 Å². The van der Waals surface area contributed by atoms with Crippen molar-refractivity contribution in [2.24, 2.45) is 5.92 Å². The van der Waals surface area contributed by atoms with Crippen molar-refractivity contribution in [3.8, 4) is 11.5 Å². The number of hydrogen-bond acceptors (Lipinski definition) is 3. The van der Waals surface area contributed by atoms with Gasteiger partial charge in [-0.15, -0.1) is 0 Å². The number of fused-ring (bicyclic) bond motifs is 1. The van der Waals surface area contributed by atoms with Crippen molar-refractivity contribution in [2.75, 3.05) is 20.3 Å². The maximum Gasteiger partial charge on any atom is 0.161 e. The van der Waals surface area contributed by atoms with E-state index in [1.165, 1.54) is 11.1 Å². The Kier molecular flexibility index (Phi) is 4.70. The van der Waals surface area contributed by atoms with Gasteiger partial charge in [-0.1, -0.05) is 13.8 Å². The number of benzene rings is 1. The Labute approximate surface area is 116 Å². The van der Waals surface area contributed by atoms with E-state index in [1.54, 1.807) is 7.11 Å². The second-order valence-electron chi connectivity index (χ2n) is 5.52.